The molecule has 0 unspecified atom stereocenters. The minimum Gasteiger partial charge on any atom is -0.371 e. The molecule has 0 amide bonds. The average molecular weight is 376 g/mol. The third-order valence-electron chi connectivity index (χ3n) is 4.11. The predicted molar refractivity (Wildman–Crippen MR) is 87.8 cm³/mol. The van der Waals surface area contributed by atoms with E-state index in [9.17, 15) is 23.2 Å². The predicted octanol–water partition coefficient (Wildman–Crippen LogP) is 2.45. The van der Waals surface area contributed by atoms with Crippen LogP contribution in [0.5, 0.6) is 0 Å². The van der Waals surface area contributed by atoms with Gasteiger partial charge in [-0.1, -0.05) is 12.1 Å². The summed E-state index contributed by atoms with van der Waals surface area (Å²) in [5, 5.41) is 12.6. The number of hydrogen-bond acceptors (Lipinski definition) is 6. The molecule has 9 heteroatoms. The standard InChI is InChI=1S/C18H15F3N4O2/c19-18(20,21)17-10-24-14(8-25-17)15(26)6-11-1-2-13(12(5-11)7-22)16-9-23-3-4-27-16/h1-2,5,8,10,16,23H,3-4,6,9H2/t16-/m0/s1. The van der Waals surface area contributed by atoms with E-state index in [1.807, 2.05) is 0 Å². The number of rotatable bonds is 4. The van der Waals surface area contributed by atoms with Gasteiger partial charge in [0.2, 0.25) is 0 Å². The van der Waals surface area contributed by atoms with Crippen molar-refractivity contribution < 1.29 is 22.7 Å². The second-order valence-corrected chi connectivity index (χ2v) is 5.98. The van der Waals surface area contributed by atoms with Crippen molar-refractivity contribution in [2.45, 2.75) is 18.7 Å². The summed E-state index contributed by atoms with van der Waals surface area (Å²) in [6, 6.07) is 7.12. The molecule has 1 aliphatic heterocycles. The van der Waals surface area contributed by atoms with Crippen molar-refractivity contribution in [3.8, 4) is 6.07 Å². The van der Waals surface area contributed by atoms with E-state index in [4.69, 9.17) is 4.74 Å². The van der Waals surface area contributed by atoms with E-state index in [1.165, 1.54) is 0 Å². The molecule has 27 heavy (non-hydrogen) atoms. The number of benzene rings is 1. The van der Waals surface area contributed by atoms with Crippen molar-refractivity contribution in [1.82, 2.24) is 15.3 Å². The van der Waals surface area contributed by atoms with Crippen LogP contribution < -0.4 is 5.32 Å². The zero-order valence-corrected chi connectivity index (χ0v) is 14.1. The molecule has 0 bridgehead atoms. The number of alkyl halides is 3. The molecule has 6 nitrogen and oxygen atoms in total. The molecule has 140 valence electrons. The summed E-state index contributed by atoms with van der Waals surface area (Å²) in [6.07, 6.45) is -3.60. The van der Waals surface area contributed by atoms with Gasteiger partial charge in [-0.05, 0) is 17.2 Å². The summed E-state index contributed by atoms with van der Waals surface area (Å²) >= 11 is 0. The highest BCUT2D eigenvalue weighted by molar-refractivity contribution is 5.95. The van der Waals surface area contributed by atoms with Crippen LogP contribution in [0.25, 0.3) is 0 Å². The Bertz CT molecular complexity index is 870. The zero-order valence-electron chi connectivity index (χ0n) is 14.1. The van der Waals surface area contributed by atoms with Gasteiger partial charge in [0, 0.05) is 19.5 Å². The molecule has 1 aromatic heterocycles. The highest BCUT2D eigenvalue weighted by Crippen LogP contribution is 2.27. The Balaban J connectivity index is 1.75. The maximum atomic E-state index is 12.5. The molecule has 0 radical (unpaired) electrons. The minimum absolute atomic E-state index is 0.0984. The maximum absolute atomic E-state index is 12.5. The third kappa shape index (κ3) is 4.48. The van der Waals surface area contributed by atoms with Gasteiger partial charge in [-0.25, -0.2) is 9.97 Å². The van der Waals surface area contributed by atoms with Crippen molar-refractivity contribution in [2.75, 3.05) is 19.7 Å². The molecular formula is C18H15F3N4O2. The Morgan fingerprint density at radius 3 is 2.74 bits per heavy atom. The quantitative estimate of drug-likeness (QED) is 0.825. The highest BCUT2D eigenvalue weighted by atomic mass is 19.4. The van der Waals surface area contributed by atoms with Gasteiger partial charge in [0.15, 0.2) is 11.5 Å². The second-order valence-electron chi connectivity index (χ2n) is 5.98. The summed E-state index contributed by atoms with van der Waals surface area (Å²) in [6.45, 7) is 1.88. The van der Waals surface area contributed by atoms with Gasteiger partial charge in [0.1, 0.15) is 5.69 Å². The van der Waals surface area contributed by atoms with Gasteiger partial charge in [0.05, 0.1) is 36.7 Å². The minimum atomic E-state index is -4.61. The molecule has 3 rings (SSSR count). The number of halogens is 3. The summed E-state index contributed by atoms with van der Waals surface area (Å²) in [4.78, 5) is 19.0. The van der Waals surface area contributed by atoms with Gasteiger partial charge in [-0.2, -0.15) is 18.4 Å². The van der Waals surface area contributed by atoms with Crippen molar-refractivity contribution in [2.24, 2.45) is 0 Å². The van der Waals surface area contributed by atoms with E-state index in [0.29, 0.717) is 30.5 Å². The molecule has 0 saturated carbocycles. The monoisotopic (exact) mass is 376 g/mol. The number of hydrogen-bond donors (Lipinski definition) is 1. The SMILES string of the molecule is N#Cc1cc(CC(=O)c2cnc(C(F)(F)F)cn2)ccc1[C@@H]1CNCCO1. The van der Waals surface area contributed by atoms with Crippen molar-refractivity contribution >= 4 is 5.78 Å². The fraction of sp³-hybridized carbons (Fsp3) is 0.333. The number of nitrogens with zero attached hydrogens (tertiary/aromatic N) is 3. The topological polar surface area (TPSA) is 87.9 Å². The zero-order chi connectivity index (χ0) is 19.4. The van der Waals surface area contributed by atoms with E-state index in [2.05, 4.69) is 21.4 Å². The molecule has 1 atom stereocenters. The fourth-order valence-corrected chi connectivity index (χ4v) is 2.75. The highest BCUT2D eigenvalue weighted by Gasteiger charge is 2.33. The van der Waals surface area contributed by atoms with Gasteiger partial charge in [-0.3, -0.25) is 4.79 Å². The molecule has 1 saturated heterocycles. The first-order valence-corrected chi connectivity index (χ1v) is 8.16. The first-order valence-electron chi connectivity index (χ1n) is 8.16. The number of ether oxygens (including phenoxy) is 1. The molecule has 1 aliphatic rings. The Kier molecular flexibility index (Phi) is 5.48. The lowest BCUT2D eigenvalue weighted by Gasteiger charge is -2.24. The second kappa shape index (κ2) is 7.82. The van der Waals surface area contributed by atoms with Crippen LogP contribution in [0.2, 0.25) is 0 Å². The molecular weight excluding hydrogens is 361 g/mol. The van der Waals surface area contributed by atoms with E-state index < -0.39 is 17.7 Å². The lowest BCUT2D eigenvalue weighted by Crippen LogP contribution is -2.33. The fourth-order valence-electron chi connectivity index (χ4n) is 2.75. The van der Waals surface area contributed by atoms with Crippen LogP contribution >= 0.6 is 0 Å². The number of carbonyl (C=O) groups excluding carboxylic acids is 1. The van der Waals surface area contributed by atoms with Crippen molar-refractivity contribution in [3.05, 3.63) is 58.7 Å². The lowest BCUT2D eigenvalue weighted by atomic mass is 9.97. The van der Waals surface area contributed by atoms with Crippen molar-refractivity contribution in [3.63, 3.8) is 0 Å². The van der Waals surface area contributed by atoms with Gasteiger partial charge < -0.3 is 10.1 Å². The largest absolute Gasteiger partial charge is 0.434 e. The first kappa shape index (κ1) is 18.9. The summed E-state index contributed by atoms with van der Waals surface area (Å²) < 4.78 is 43.2. The van der Waals surface area contributed by atoms with E-state index in [0.717, 1.165) is 18.3 Å². The van der Waals surface area contributed by atoms with Crippen LogP contribution in [0, 0.1) is 11.3 Å². The summed E-state index contributed by atoms with van der Waals surface area (Å²) in [7, 11) is 0. The van der Waals surface area contributed by atoms with Crippen LogP contribution in [0.1, 0.15) is 39.0 Å². The van der Waals surface area contributed by atoms with Crippen LogP contribution in [0.15, 0.2) is 30.6 Å². The first-order chi connectivity index (χ1) is 12.9. The van der Waals surface area contributed by atoms with E-state index in [-0.39, 0.29) is 18.2 Å². The number of aromatic nitrogens is 2. The molecule has 2 heterocycles. The summed E-state index contributed by atoms with van der Waals surface area (Å²) in [5.41, 5.74) is 0.371. The lowest BCUT2D eigenvalue weighted by molar-refractivity contribution is -0.141. The number of carbonyl (C=O) groups is 1. The Morgan fingerprint density at radius 1 is 1.33 bits per heavy atom. The Labute approximate surface area is 153 Å². The average Bonchev–Trinajstić information content (AvgIpc) is 2.68. The number of ketones is 1. The molecule has 2 aromatic rings. The molecule has 1 N–H and O–H groups in total. The van der Waals surface area contributed by atoms with E-state index in [1.54, 1.807) is 18.2 Å². The smallest absolute Gasteiger partial charge is 0.371 e. The van der Waals surface area contributed by atoms with Gasteiger partial charge >= 0.3 is 6.18 Å². The molecule has 0 spiro atoms. The molecule has 0 aliphatic carbocycles. The van der Waals surface area contributed by atoms with Crippen molar-refractivity contribution in [1.29, 1.82) is 5.26 Å². The van der Waals surface area contributed by atoms with Crippen LogP contribution in [-0.4, -0.2) is 35.4 Å². The Hall–Kier alpha value is -2.83. The number of Topliss-reactive ketones (excluding diaryl/α,β-unsaturated/α-hetero) is 1. The van der Waals surface area contributed by atoms with Crippen LogP contribution in [0.3, 0.4) is 0 Å². The number of nitrogens with one attached hydrogen (secondary N) is 1. The number of morpholine rings is 1. The maximum Gasteiger partial charge on any atom is 0.434 e. The molecule has 1 aromatic carbocycles. The van der Waals surface area contributed by atoms with Crippen LogP contribution in [0.4, 0.5) is 13.2 Å². The summed E-state index contributed by atoms with van der Waals surface area (Å²) in [5.74, 6) is -0.483. The van der Waals surface area contributed by atoms with Crippen LogP contribution in [-0.2, 0) is 17.3 Å². The third-order valence-corrected chi connectivity index (χ3v) is 4.11. The van der Waals surface area contributed by atoms with E-state index >= 15 is 0 Å². The number of nitriles is 1. The Morgan fingerprint density at radius 2 is 2.15 bits per heavy atom. The molecule has 1 fully saturated rings. The normalized spacial score (nSPS) is 17.3. The van der Waals surface area contributed by atoms with Gasteiger partial charge in [-0.15, -0.1) is 0 Å². The van der Waals surface area contributed by atoms with Gasteiger partial charge in [0.25, 0.3) is 0 Å².